The maximum absolute atomic E-state index is 11.2. The zero-order valence-corrected chi connectivity index (χ0v) is 14.6. The first-order chi connectivity index (χ1) is 11.7. The Morgan fingerprint density at radius 1 is 1.32 bits per heavy atom. The van der Waals surface area contributed by atoms with Gasteiger partial charge in [0.15, 0.2) is 0 Å². The number of hydrogen-bond donors (Lipinski definition) is 1. The Bertz CT molecular complexity index is 1070. The zero-order valence-electron chi connectivity index (χ0n) is 13.8. The maximum atomic E-state index is 11.2. The molecule has 8 heteroatoms. The minimum atomic E-state index is -1.05. The van der Waals surface area contributed by atoms with Crippen LogP contribution < -0.4 is 0 Å². The van der Waals surface area contributed by atoms with E-state index in [4.69, 9.17) is 4.42 Å². The van der Waals surface area contributed by atoms with Crippen LogP contribution in [0, 0.1) is 0 Å². The summed E-state index contributed by atoms with van der Waals surface area (Å²) in [5.74, 6) is -0.431. The van der Waals surface area contributed by atoms with E-state index in [0.717, 1.165) is 33.1 Å². The van der Waals surface area contributed by atoms with Gasteiger partial charge < -0.3 is 9.52 Å². The molecule has 0 unspecified atom stereocenters. The van der Waals surface area contributed by atoms with Crippen molar-refractivity contribution in [2.45, 2.75) is 5.88 Å². The molecule has 0 bridgehead atoms. The summed E-state index contributed by atoms with van der Waals surface area (Å²) in [6, 6.07) is 9.31. The number of furan rings is 1. The molecule has 0 saturated carbocycles. The van der Waals surface area contributed by atoms with Gasteiger partial charge in [-0.1, -0.05) is 18.2 Å². The molecule has 0 amide bonds. The first-order valence-corrected chi connectivity index (χ1v) is 8.64. The quantitative estimate of drug-likeness (QED) is 0.570. The zero-order chi connectivity index (χ0) is 16.7. The van der Waals surface area contributed by atoms with E-state index in [1.807, 2.05) is 30.5 Å². The van der Waals surface area contributed by atoms with Crippen molar-refractivity contribution in [1.29, 1.82) is 0 Å². The number of hydrogen-bond acceptors (Lipinski definition) is 5. The molecule has 1 N–H and O–H groups in total. The smallest absolute Gasteiger partial charge is 0.354 e. The van der Waals surface area contributed by atoms with E-state index in [0.29, 0.717) is 5.88 Å². The van der Waals surface area contributed by atoms with Crippen LogP contribution in [0.25, 0.3) is 33.1 Å². The largest absolute Gasteiger partial charge is 0.477 e. The third kappa shape index (κ3) is 2.95. The van der Waals surface area contributed by atoms with Crippen molar-refractivity contribution in [3.8, 4) is 11.3 Å². The summed E-state index contributed by atoms with van der Waals surface area (Å²) < 4.78 is 7.41. The minimum absolute atomic E-state index is 0. The summed E-state index contributed by atoms with van der Waals surface area (Å²) in [6.07, 6.45) is 5.22. The third-order valence-electron chi connectivity index (χ3n) is 3.84. The Morgan fingerprint density at radius 2 is 2.12 bits per heavy atom. The Hall–Kier alpha value is -2.20. The molecular weight excluding hydrogens is 333 g/mol. The van der Waals surface area contributed by atoms with Crippen LogP contribution in [0.5, 0.6) is 0 Å². The number of benzene rings is 1. The van der Waals surface area contributed by atoms with E-state index in [1.54, 1.807) is 35.0 Å². The molecule has 0 aliphatic carbocycles. The molecule has 25 heavy (non-hydrogen) atoms. The molecule has 3 heterocycles. The van der Waals surface area contributed by atoms with Gasteiger partial charge in [-0.25, -0.2) is 9.78 Å². The molecule has 1 aromatic carbocycles. The van der Waals surface area contributed by atoms with Crippen LogP contribution in [0.4, 0.5) is 0 Å². The molecule has 121 valence electrons. The summed E-state index contributed by atoms with van der Waals surface area (Å²) in [4.78, 5) is 15.3. The molecular formula is C17H13LiN3O3S. The molecule has 0 spiro atoms. The second-order valence-electron chi connectivity index (χ2n) is 5.30. The van der Waals surface area contributed by atoms with Crippen molar-refractivity contribution in [2.75, 3.05) is 6.26 Å². The fourth-order valence-corrected chi connectivity index (χ4v) is 3.21. The number of aromatic carboxylic acids is 1. The van der Waals surface area contributed by atoms with Crippen LogP contribution >= 0.6 is 11.8 Å². The Labute approximate surface area is 159 Å². The molecule has 4 rings (SSSR count). The molecule has 3 aromatic heterocycles. The Balaban J connectivity index is 0.00000182. The number of pyridine rings is 1. The molecule has 0 aliphatic rings. The number of fused-ring (bicyclic) bond motifs is 2. The van der Waals surface area contributed by atoms with E-state index in [2.05, 4.69) is 10.1 Å². The molecule has 0 fully saturated rings. The van der Waals surface area contributed by atoms with Gasteiger partial charge in [0.25, 0.3) is 0 Å². The number of rotatable bonds is 4. The monoisotopic (exact) mass is 346 g/mol. The Morgan fingerprint density at radius 3 is 2.88 bits per heavy atom. The number of carboxylic acid groups (broad SMARTS) is 1. The predicted octanol–water partition coefficient (Wildman–Crippen LogP) is 3.48. The standard InChI is InChI=1S/C17H13N3O3S.Li/c1-24-9-20-14-6-13(17(21)22)18-7-11(14)16(19-20)12-8-23-15-5-3-2-4-10(12)15;/h2-8H,9H2,1H3,(H,21,22);. The van der Waals surface area contributed by atoms with Gasteiger partial charge in [-0.15, -0.1) is 11.8 Å². The van der Waals surface area contributed by atoms with Crippen molar-refractivity contribution in [3.63, 3.8) is 0 Å². The van der Waals surface area contributed by atoms with Gasteiger partial charge in [0.1, 0.15) is 23.2 Å². The molecule has 6 nitrogen and oxygen atoms in total. The van der Waals surface area contributed by atoms with Crippen LogP contribution in [0.3, 0.4) is 0 Å². The summed E-state index contributed by atoms with van der Waals surface area (Å²) in [7, 11) is 0. The van der Waals surface area contributed by atoms with E-state index >= 15 is 0 Å². The second kappa shape index (κ2) is 6.96. The minimum Gasteiger partial charge on any atom is -0.477 e. The fraction of sp³-hybridized carbons (Fsp3) is 0.118. The summed E-state index contributed by atoms with van der Waals surface area (Å²) in [5.41, 5.74) is 3.16. The number of carbonyl (C=O) groups is 1. The predicted molar refractivity (Wildman–Crippen MR) is 99.0 cm³/mol. The van der Waals surface area contributed by atoms with Crippen LogP contribution in [-0.4, -0.2) is 51.0 Å². The van der Waals surface area contributed by atoms with Crippen molar-refractivity contribution in [2.24, 2.45) is 0 Å². The first kappa shape index (κ1) is 17.6. The summed E-state index contributed by atoms with van der Waals surface area (Å²) >= 11 is 1.61. The number of para-hydroxylation sites is 1. The van der Waals surface area contributed by atoms with E-state index in [1.165, 1.54) is 0 Å². The van der Waals surface area contributed by atoms with Crippen LogP contribution in [0.2, 0.25) is 0 Å². The van der Waals surface area contributed by atoms with Gasteiger partial charge in [-0.3, -0.25) is 4.68 Å². The van der Waals surface area contributed by atoms with Gasteiger partial charge in [0.2, 0.25) is 0 Å². The Kier molecular flexibility index (Phi) is 4.91. The van der Waals surface area contributed by atoms with Gasteiger partial charge in [-0.05, 0) is 18.4 Å². The van der Waals surface area contributed by atoms with Crippen LogP contribution in [0.1, 0.15) is 10.5 Å². The van der Waals surface area contributed by atoms with Crippen molar-refractivity contribution < 1.29 is 14.3 Å². The van der Waals surface area contributed by atoms with Crippen molar-refractivity contribution in [3.05, 3.63) is 48.5 Å². The SMILES string of the molecule is CSCn1nc(-c2coc3ccccc23)c2cnc(C(=O)O)cc21.[Li]. The first-order valence-electron chi connectivity index (χ1n) is 7.24. The molecule has 1 radical (unpaired) electrons. The third-order valence-corrected chi connectivity index (χ3v) is 4.35. The topological polar surface area (TPSA) is 81.2 Å². The van der Waals surface area contributed by atoms with Crippen molar-refractivity contribution in [1.82, 2.24) is 14.8 Å². The van der Waals surface area contributed by atoms with Crippen LogP contribution in [0.15, 0.2) is 47.2 Å². The average Bonchev–Trinajstić information content (AvgIpc) is 3.16. The van der Waals surface area contributed by atoms with Crippen molar-refractivity contribution >= 4 is 58.5 Å². The number of nitrogens with zero attached hydrogens (tertiary/aromatic N) is 3. The molecule has 4 aromatic rings. The second-order valence-corrected chi connectivity index (χ2v) is 6.14. The average molecular weight is 346 g/mol. The van der Waals surface area contributed by atoms with Gasteiger partial charge in [-0.2, -0.15) is 5.10 Å². The summed E-state index contributed by atoms with van der Waals surface area (Å²) in [6.45, 7) is 0. The number of thioether (sulfide) groups is 1. The number of aromatic nitrogens is 3. The number of carboxylic acids is 1. The molecule has 0 saturated heterocycles. The van der Waals surface area contributed by atoms with Gasteiger partial charge in [0, 0.05) is 41.4 Å². The van der Waals surface area contributed by atoms with E-state index < -0.39 is 5.97 Å². The van der Waals surface area contributed by atoms with E-state index in [-0.39, 0.29) is 24.6 Å². The van der Waals surface area contributed by atoms with E-state index in [9.17, 15) is 9.90 Å². The fourth-order valence-electron chi connectivity index (χ4n) is 2.77. The maximum Gasteiger partial charge on any atom is 0.354 e. The normalized spacial score (nSPS) is 10.9. The van der Waals surface area contributed by atoms with Gasteiger partial charge in [0.05, 0.1) is 11.4 Å². The molecule has 0 aliphatic heterocycles. The molecule has 0 atom stereocenters. The summed E-state index contributed by atoms with van der Waals surface area (Å²) in [5, 5.41) is 15.6. The van der Waals surface area contributed by atoms with Gasteiger partial charge >= 0.3 is 5.97 Å². The van der Waals surface area contributed by atoms with Crippen LogP contribution in [-0.2, 0) is 5.88 Å².